The summed E-state index contributed by atoms with van der Waals surface area (Å²) < 4.78 is 1.99. The van der Waals surface area contributed by atoms with Gasteiger partial charge in [0.05, 0.1) is 5.75 Å². The number of benzene rings is 3. The number of nitrogens with one attached hydrogen (secondary N) is 1. The molecule has 1 amide bonds. The third kappa shape index (κ3) is 5.99. The lowest BCUT2D eigenvalue weighted by Crippen LogP contribution is -2.27. The van der Waals surface area contributed by atoms with Gasteiger partial charge < -0.3 is 5.32 Å². The van der Waals surface area contributed by atoms with Crippen LogP contribution in [-0.2, 0) is 17.6 Å². The minimum absolute atomic E-state index is 0.0267. The highest BCUT2D eigenvalue weighted by Gasteiger charge is 2.16. The lowest BCUT2D eigenvalue weighted by molar-refractivity contribution is -0.118. The maximum Gasteiger partial charge on any atom is 0.230 e. The van der Waals surface area contributed by atoms with Gasteiger partial charge in [-0.15, -0.1) is 10.2 Å². The molecule has 0 aliphatic rings. The van der Waals surface area contributed by atoms with Crippen molar-refractivity contribution in [3.8, 4) is 5.69 Å². The molecule has 1 aromatic heterocycles. The van der Waals surface area contributed by atoms with Crippen LogP contribution in [0.1, 0.15) is 17.0 Å². The highest BCUT2D eigenvalue weighted by molar-refractivity contribution is 7.99. The van der Waals surface area contributed by atoms with E-state index in [1.54, 1.807) is 0 Å². The van der Waals surface area contributed by atoms with Crippen molar-refractivity contribution in [2.75, 3.05) is 12.3 Å². The van der Waals surface area contributed by atoms with Gasteiger partial charge in [-0.05, 0) is 41.8 Å². The molecule has 1 N–H and O–H groups in total. The van der Waals surface area contributed by atoms with Gasteiger partial charge in [-0.25, -0.2) is 0 Å². The van der Waals surface area contributed by atoms with Gasteiger partial charge in [0.2, 0.25) is 5.91 Å². The number of carbonyl (C=O) groups is 1. The zero-order valence-electron chi connectivity index (χ0n) is 17.4. The van der Waals surface area contributed by atoms with E-state index in [4.69, 9.17) is 11.6 Å². The Morgan fingerprint density at radius 1 is 0.875 bits per heavy atom. The number of amides is 1. The van der Waals surface area contributed by atoms with Gasteiger partial charge in [-0.2, -0.15) is 0 Å². The van der Waals surface area contributed by atoms with Gasteiger partial charge in [0.1, 0.15) is 5.82 Å². The van der Waals surface area contributed by atoms with Gasteiger partial charge in [-0.1, -0.05) is 84.0 Å². The second-order valence-corrected chi connectivity index (χ2v) is 8.63. The summed E-state index contributed by atoms with van der Waals surface area (Å²) >= 11 is 7.46. The maximum atomic E-state index is 12.4. The predicted octanol–water partition coefficient (Wildman–Crippen LogP) is 4.96. The Labute approximate surface area is 196 Å². The third-order valence-electron chi connectivity index (χ3n) is 4.90. The van der Waals surface area contributed by atoms with E-state index in [1.165, 1.54) is 17.3 Å². The zero-order chi connectivity index (χ0) is 22.2. The number of nitrogens with zero attached hydrogens (tertiary/aromatic N) is 3. The summed E-state index contributed by atoms with van der Waals surface area (Å²) in [4.78, 5) is 12.4. The fraction of sp³-hybridized carbons (Fsp3) is 0.160. The van der Waals surface area contributed by atoms with E-state index in [1.807, 2.05) is 65.2 Å². The summed E-state index contributed by atoms with van der Waals surface area (Å²) in [5.41, 5.74) is 3.26. The number of halogens is 1. The second kappa shape index (κ2) is 11.0. The quantitative estimate of drug-likeness (QED) is 0.357. The van der Waals surface area contributed by atoms with E-state index in [-0.39, 0.29) is 11.7 Å². The maximum absolute atomic E-state index is 12.4. The topological polar surface area (TPSA) is 59.8 Å². The van der Waals surface area contributed by atoms with Crippen LogP contribution in [0.3, 0.4) is 0 Å². The van der Waals surface area contributed by atoms with Gasteiger partial charge in [0.25, 0.3) is 0 Å². The van der Waals surface area contributed by atoms with Crippen molar-refractivity contribution >= 4 is 29.3 Å². The standard InChI is InChI=1S/C25H23ClN4OS/c26-21-11-13-22(14-12-21)30-23(17-20-9-5-2-6-10-20)28-29-25(30)32-18-24(31)27-16-15-19-7-3-1-4-8-19/h1-14H,15-18H2,(H,27,31). The molecule has 0 aliphatic heterocycles. The van der Waals surface area contributed by atoms with Gasteiger partial charge in [-0.3, -0.25) is 9.36 Å². The molecule has 162 valence electrons. The average Bonchev–Trinajstić information content (AvgIpc) is 3.22. The predicted molar refractivity (Wildman–Crippen MR) is 129 cm³/mol. The van der Waals surface area contributed by atoms with Crippen molar-refractivity contribution in [3.63, 3.8) is 0 Å². The molecule has 0 aliphatic carbocycles. The van der Waals surface area contributed by atoms with E-state index < -0.39 is 0 Å². The van der Waals surface area contributed by atoms with Gasteiger partial charge >= 0.3 is 0 Å². The highest BCUT2D eigenvalue weighted by atomic mass is 35.5. The Bertz CT molecular complexity index is 1150. The number of carbonyl (C=O) groups excluding carboxylic acids is 1. The van der Waals surface area contributed by atoms with Crippen molar-refractivity contribution in [3.05, 3.63) is 107 Å². The Hall–Kier alpha value is -3.09. The molecule has 32 heavy (non-hydrogen) atoms. The summed E-state index contributed by atoms with van der Waals surface area (Å²) in [5, 5.41) is 13.1. The van der Waals surface area contributed by atoms with E-state index in [9.17, 15) is 4.79 Å². The molecule has 3 aromatic carbocycles. The van der Waals surface area contributed by atoms with Crippen molar-refractivity contribution in [1.29, 1.82) is 0 Å². The van der Waals surface area contributed by atoms with Crippen LogP contribution < -0.4 is 5.32 Å². The molecule has 5 nitrogen and oxygen atoms in total. The summed E-state index contributed by atoms with van der Waals surface area (Å²) in [6, 6.07) is 27.8. The molecule has 0 bridgehead atoms. The lowest BCUT2D eigenvalue weighted by atomic mass is 10.1. The van der Waals surface area contributed by atoms with Crippen LogP contribution in [0.15, 0.2) is 90.1 Å². The summed E-state index contributed by atoms with van der Waals surface area (Å²) in [6.07, 6.45) is 1.44. The lowest BCUT2D eigenvalue weighted by Gasteiger charge is -2.11. The zero-order valence-corrected chi connectivity index (χ0v) is 19.0. The fourth-order valence-electron chi connectivity index (χ4n) is 3.31. The molecule has 1 heterocycles. The Kier molecular flexibility index (Phi) is 7.59. The molecular weight excluding hydrogens is 440 g/mol. The number of thioether (sulfide) groups is 1. The minimum atomic E-state index is -0.0267. The van der Waals surface area contributed by atoms with Crippen molar-refractivity contribution in [2.24, 2.45) is 0 Å². The molecule has 0 unspecified atom stereocenters. The van der Waals surface area contributed by atoms with E-state index >= 15 is 0 Å². The number of hydrogen-bond acceptors (Lipinski definition) is 4. The van der Waals surface area contributed by atoms with Crippen LogP contribution in [0.25, 0.3) is 5.69 Å². The summed E-state index contributed by atoms with van der Waals surface area (Å²) in [5.74, 6) is 1.05. The summed E-state index contributed by atoms with van der Waals surface area (Å²) in [6.45, 7) is 0.604. The molecular formula is C25H23ClN4OS. The van der Waals surface area contributed by atoms with Crippen LogP contribution in [-0.4, -0.2) is 33.0 Å². The number of rotatable bonds is 9. The smallest absolute Gasteiger partial charge is 0.230 e. The van der Waals surface area contributed by atoms with Crippen molar-refractivity contribution in [2.45, 2.75) is 18.0 Å². The van der Waals surface area contributed by atoms with Crippen molar-refractivity contribution in [1.82, 2.24) is 20.1 Å². The van der Waals surface area contributed by atoms with E-state index in [0.717, 1.165) is 23.5 Å². The molecule has 0 saturated carbocycles. The molecule has 0 saturated heterocycles. The highest BCUT2D eigenvalue weighted by Crippen LogP contribution is 2.24. The monoisotopic (exact) mass is 462 g/mol. The van der Waals surface area contributed by atoms with Gasteiger partial charge in [0.15, 0.2) is 5.16 Å². The first-order chi connectivity index (χ1) is 15.7. The third-order valence-corrected chi connectivity index (χ3v) is 6.08. The molecule has 7 heteroatoms. The number of hydrogen-bond donors (Lipinski definition) is 1. The van der Waals surface area contributed by atoms with Gasteiger partial charge in [0, 0.05) is 23.7 Å². The SMILES string of the molecule is O=C(CSc1nnc(Cc2ccccc2)n1-c1ccc(Cl)cc1)NCCc1ccccc1. The minimum Gasteiger partial charge on any atom is -0.355 e. The van der Waals surface area contributed by atoms with Crippen LogP contribution in [0.2, 0.25) is 5.02 Å². The normalized spacial score (nSPS) is 10.8. The summed E-state index contributed by atoms with van der Waals surface area (Å²) in [7, 11) is 0. The Morgan fingerprint density at radius 2 is 1.53 bits per heavy atom. The van der Waals surface area contributed by atoms with Crippen molar-refractivity contribution < 1.29 is 4.79 Å². The first kappa shape index (κ1) is 22.1. The molecule has 0 atom stereocenters. The largest absolute Gasteiger partial charge is 0.355 e. The molecule has 4 rings (SSSR count). The molecule has 0 fully saturated rings. The second-order valence-electron chi connectivity index (χ2n) is 7.25. The Balaban J connectivity index is 1.44. The first-order valence-electron chi connectivity index (χ1n) is 10.4. The Morgan fingerprint density at radius 3 is 2.22 bits per heavy atom. The first-order valence-corrected chi connectivity index (χ1v) is 11.7. The molecule has 4 aromatic rings. The number of aromatic nitrogens is 3. The fourth-order valence-corrected chi connectivity index (χ4v) is 4.23. The average molecular weight is 463 g/mol. The van der Waals surface area contributed by atoms with Crippen LogP contribution in [0.4, 0.5) is 0 Å². The molecule has 0 radical (unpaired) electrons. The van der Waals surface area contributed by atoms with Crippen LogP contribution in [0, 0.1) is 0 Å². The van der Waals surface area contributed by atoms with Crippen LogP contribution >= 0.6 is 23.4 Å². The van der Waals surface area contributed by atoms with Crippen LogP contribution in [0.5, 0.6) is 0 Å². The molecule has 0 spiro atoms. The van der Waals surface area contributed by atoms with E-state index in [2.05, 4.69) is 39.8 Å². The van der Waals surface area contributed by atoms with E-state index in [0.29, 0.717) is 23.1 Å².